The SMILES string of the molecule is Cc1ccc(Cn2c(Cl)c(C#N)c3ccc(C)cc32)cc1. The van der Waals surface area contributed by atoms with E-state index >= 15 is 0 Å². The molecule has 0 aliphatic rings. The highest BCUT2D eigenvalue weighted by Gasteiger charge is 2.15. The Kier molecular flexibility index (Phi) is 3.45. The predicted molar refractivity (Wildman–Crippen MR) is 86.7 cm³/mol. The van der Waals surface area contributed by atoms with Crippen molar-refractivity contribution in [2.75, 3.05) is 0 Å². The van der Waals surface area contributed by atoms with Crippen molar-refractivity contribution in [2.45, 2.75) is 20.4 Å². The van der Waals surface area contributed by atoms with Gasteiger partial charge in [-0.3, -0.25) is 0 Å². The van der Waals surface area contributed by atoms with Crippen LogP contribution in [0.3, 0.4) is 0 Å². The molecule has 1 heterocycles. The van der Waals surface area contributed by atoms with Crippen molar-refractivity contribution in [3.63, 3.8) is 0 Å². The van der Waals surface area contributed by atoms with Crippen LogP contribution in [-0.4, -0.2) is 4.57 Å². The summed E-state index contributed by atoms with van der Waals surface area (Å²) in [5, 5.41) is 10.8. The lowest BCUT2D eigenvalue weighted by Crippen LogP contribution is -1.99. The minimum absolute atomic E-state index is 0.513. The average Bonchev–Trinajstić information content (AvgIpc) is 2.73. The summed E-state index contributed by atoms with van der Waals surface area (Å²) < 4.78 is 2.01. The number of nitriles is 1. The highest BCUT2D eigenvalue weighted by Crippen LogP contribution is 2.31. The molecule has 0 atom stereocenters. The molecule has 0 aliphatic heterocycles. The molecule has 3 heteroatoms. The van der Waals surface area contributed by atoms with Crippen molar-refractivity contribution >= 4 is 22.5 Å². The minimum Gasteiger partial charge on any atom is -0.326 e. The van der Waals surface area contributed by atoms with E-state index in [2.05, 4.69) is 43.3 Å². The molecule has 0 bridgehead atoms. The van der Waals surface area contributed by atoms with E-state index in [1.54, 1.807) is 0 Å². The molecule has 1 aromatic heterocycles. The van der Waals surface area contributed by atoms with E-state index in [0.29, 0.717) is 17.3 Å². The second kappa shape index (κ2) is 5.27. The highest BCUT2D eigenvalue weighted by atomic mass is 35.5. The maximum Gasteiger partial charge on any atom is 0.128 e. The van der Waals surface area contributed by atoms with E-state index in [1.165, 1.54) is 11.1 Å². The smallest absolute Gasteiger partial charge is 0.128 e. The summed E-state index contributed by atoms with van der Waals surface area (Å²) in [6.45, 7) is 4.78. The Bertz CT molecular complexity index is 852. The fraction of sp³-hybridized carbons (Fsp3) is 0.167. The zero-order chi connectivity index (χ0) is 15.0. The van der Waals surface area contributed by atoms with E-state index in [0.717, 1.165) is 16.5 Å². The third kappa shape index (κ3) is 2.41. The third-order valence-corrected chi connectivity index (χ3v) is 4.12. The maximum absolute atomic E-state index is 9.35. The minimum atomic E-state index is 0.513. The number of hydrogen-bond acceptors (Lipinski definition) is 1. The molecule has 0 radical (unpaired) electrons. The first kappa shape index (κ1) is 13.7. The van der Waals surface area contributed by atoms with Crippen LogP contribution in [0, 0.1) is 25.2 Å². The lowest BCUT2D eigenvalue weighted by molar-refractivity contribution is 0.836. The first-order chi connectivity index (χ1) is 10.1. The molecule has 2 aromatic carbocycles. The van der Waals surface area contributed by atoms with Crippen molar-refractivity contribution < 1.29 is 0 Å². The molecule has 21 heavy (non-hydrogen) atoms. The van der Waals surface area contributed by atoms with Crippen LogP contribution in [0.15, 0.2) is 42.5 Å². The monoisotopic (exact) mass is 294 g/mol. The predicted octanol–water partition coefficient (Wildman–Crippen LogP) is 4.83. The highest BCUT2D eigenvalue weighted by molar-refractivity contribution is 6.32. The van der Waals surface area contributed by atoms with Gasteiger partial charge in [0.05, 0.1) is 11.1 Å². The molecule has 0 aliphatic carbocycles. The molecule has 0 unspecified atom stereocenters. The van der Waals surface area contributed by atoms with Gasteiger partial charge in [0, 0.05) is 11.9 Å². The number of hydrogen-bond donors (Lipinski definition) is 0. The lowest BCUT2D eigenvalue weighted by Gasteiger charge is -2.08. The van der Waals surface area contributed by atoms with Gasteiger partial charge < -0.3 is 4.57 Å². The van der Waals surface area contributed by atoms with Crippen molar-refractivity contribution in [1.82, 2.24) is 4.57 Å². The average molecular weight is 295 g/mol. The first-order valence-electron chi connectivity index (χ1n) is 6.84. The first-order valence-corrected chi connectivity index (χ1v) is 7.22. The summed E-state index contributed by atoms with van der Waals surface area (Å²) in [5.74, 6) is 0. The van der Waals surface area contributed by atoms with Crippen LogP contribution in [0.1, 0.15) is 22.3 Å². The van der Waals surface area contributed by atoms with Crippen LogP contribution in [0.4, 0.5) is 0 Å². The normalized spacial score (nSPS) is 10.8. The summed E-state index contributed by atoms with van der Waals surface area (Å²) in [6.07, 6.45) is 0. The molecule has 0 spiro atoms. The van der Waals surface area contributed by atoms with Gasteiger partial charge in [-0.05, 0) is 31.0 Å². The molecular formula is C18H15ClN2. The molecule has 0 N–H and O–H groups in total. The van der Waals surface area contributed by atoms with E-state index < -0.39 is 0 Å². The number of fused-ring (bicyclic) bond motifs is 1. The lowest BCUT2D eigenvalue weighted by atomic mass is 10.1. The van der Waals surface area contributed by atoms with Crippen LogP contribution in [0.2, 0.25) is 5.15 Å². The van der Waals surface area contributed by atoms with Gasteiger partial charge in [0.1, 0.15) is 11.2 Å². The molecule has 0 saturated heterocycles. The molecule has 0 amide bonds. The van der Waals surface area contributed by atoms with Crippen LogP contribution >= 0.6 is 11.6 Å². The van der Waals surface area contributed by atoms with Gasteiger partial charge in [0.2, 0.25) is 0 Å². The van der Waals surface area contributed by atoms with Gasteiger partial charge in [-0.25, -0.2) is 0 Å². The van der Waals surface area contributed by atoms with Gasteiger partial charge in [0.15, 0.2) is 0 Å². The number of halogens is 1. The van der Waals surface area contributed by atoms with Gasteiger partial charge >= 0.3 is 0 Å². The Balaban J connectivity index is 2.17. The summed E-state index contributed by atoms with van der Waals surface area (Å²) >= 11 is 6.43. The quantitative estimate of drug-likeness (QED) is 0.665. The number of rotatable bonds is 2. The van der Waals surface area contributed by atoms with E-state index in [9.17, 15) is 5.26 Å². The van der Waals surface area contributed by atoms with Crippen LogP contribution in [-0.2, 0) is 6.54 Å². The number of benzene rings is 2. The zero-order valence-electron chi connectivity index (χ0n) is 12.0. The Morgan fingerprint density at radius 2 is 1.71 bits per heavy atom. The summed E-state index contributed by atoms with van der Waals surface area (Å²) in [6, 6.07) is 16.7. The van der Waals surface area contributed by atoms with Gasteiger partial charge in [-0.2, -0.15) is 5.26 Å². The summed E-state index contributed by atoms with van der Waals surface area (Å²) in [5.41, 5.74) is 5.13. The summed E-state index contributed by atoms with van der Waals surface area (Å²) in [4.78, 5) is 0. The van der Waals surface area contributed by atoms with Crippen molar-refractivity contribution in [3.8, 4) is 6.07 Å². The van der Waals surface area contributed by atoms with Gasteiger partial charge in [0.25, 0.3) is 0 Å². The number of aromatic nitrogens is 1. The van der Waals surface area contributed by atoms with Crippen molar-refractivity contribution in [1.29, 1.82) is 5.26 Å². The van der Waals surface area contributed by atoms with Crippen LogP contribution in [0.5, 0.6) is 0 Å². The molecule has 3 rings (SSSR count). The third-order valence-electron chi connectivity index (χ3n) is 3.73. The zero-order valence-corrected chi connectivity index (χ0v) is 12.8. The number of nitrogens with zero attached hydrogens (tertiary/aromatic N) is 2. The Morgan fingerprint density at radius 3 is 2.38 bits per heavy atom. The molecule has 104 valence electrons. The molecule has 3 aromatic rings. The van der Waals surface area contributed by atoms with E-state index in [-0.39, 0.29) is 0 Å². The van der Waals surface area contributed by atoms with Crippen molar-refractivity contribution in [2.24, 2.45) is 0 Å². The van der Waals surface area contributed by atoms with Crippen molar-refractivity contribution in [3.05, 3.63) is 69.9 Å². The second-order valence-electron chi connectivity index (χ2n) is 5.37. The van der Waals surface area contributed by atoms with Gasteiger partial charge in [-0.1, -0.05) is 53.6 Å². The summed E-state index contributed by atoms with van der Waals surface area (Å²) in [7, 11) is 0. The van der Waals surface area contributed by atoms with E-state index in [1.807, 2.05) is 23.6 Å². The van der Waals surface area contributed by atoms with Gasteiger partial charge in [-0.15, -0.1) is 0 Å². The van der Waals surface area contributed by atoms with E-state index in [4.69, 9.17) is 11.6 Å². The Hall–Kier alpha value is -2.24. The van der Waals surface area contributed by atoms with Crippen LogP contribution in [0.25, 0.3) is 10.9 Å². The largest absolute Gasteiger partial charge is 0.326 e. The fourth-order valence-electron chi connectivity index (χ4n) is 2.57. The second-order valence-corrected chi connectivity index (χ2v) is 5.73. The molecule has 2 nitrogen and oxygen atoms in total. The Labute approximate surface area is 129 Å². The molecular weight excluding hydrogens is 280 g/mol. The Morgan fingerprint density at radius 1 is 1.05 bits per heavy atom. The van der Waals surface area contributed by atoms with Crippen LogP contribution < -0.4 is 0 Å². The number of aryl methyl sites for hydroxylation is 2. The molecule has 0 saturated carbocycles. The topological polar surface area (TPSA) is 28.7 Å². The molecule has 0 fully saturated rings. The standard InChI is InChI=1S/C18H15ClN2/c1-12-3-6-14(7-4-12)11-21-17-9-13(2)5-8-15(17)16(10-20)18(21)19/h3-9H,11H2,1-2H3. The fourth-order valence-corrected chi connectivity index (χ4v) is 2.86. The maximum atomic E-state index is 9.35.